The molecule has 1 rings (SSSR count). The molecule has 3 N–H and O–H groups in total. The van der Waals surface area contributed by atoms with E-state index in [4.69, 9.17) is 10.8 Å². The normalized spacial score (nSPS) is 11.7. The summed E-state index contributed by atoms with van der Waals surface area (Å²) in [5.41, 5.74) is 5.64. The zero-order valence-electron chi connectivity index (χ0n) is 12.6. The van der Waals surface area contributed by atoms with E-state index in [9.17, 15) is 14.4 Å². The number of amides is 2. The lowest BCUT2D eigenvalue weighted by Gasteiger charge is -2.21. The minimum atomic E-state index is -1.06. The van der Waals surface area contributed by atoms with Crippen molar-refractivity contribution in [1.82, 2.24) is 4.90 Å². The summed E-state index contributed by atoms with van der Waals surface area (Å²) < 4.78 is 0. The van der Waals surface area contributed by atoms with Crippen LogP contribution in [0.25, 0.3) is 0 Å². The van der Waals surface area contributed by atoms with Gasteiger partial charge in [-0.3, -0.25) is 14.4 Å². The quantitative estimate of drug-likeness (QED) is 0.707. The van der Waals surface area contributed by atoms with E-state index in [1.165, 1.54) is 16.7 Å². The van der Waals surface area contributed by atoms with Gasteiger partial charge in [-0.1, -0.05) is 19.1 Å². The number of carboxylic acids is 1. The van der Waals surface area contributed by atoms with E-state index in [0.29, 0.717) is 23.4 Å². The van der Waals surface area contributed by atoms with Gasteiger partial charge in [0.1, 0.15) is 6.54 Å². The van der Waals surface area contributed by atoms with Gasteiger partial charge in [0.05, 0.1) is 10.8 Å². The van der Waals surface area contributed by atoms with Crippen molar-refractivity contribution in [3.8, 4) is 0 Å². The third kappa shape index (κ3) is 5.07. The largest absolute Gasteiger partial charge is 0.480 e. The average Bonchev–Trinajstić information content (AvgIpc) is 2.46. The lowest BCUT2D eigenvalue weighted by atomic mass is 10.2. The number of carbonyl (C=O) groups is 3. The molecule has 0 aromatic heterocycles. The predicted octanol–water partition coefficient (Wildman–Crippen LogP) is 1.59. The molecule has 1 aromatic carbocycles. The van der Waals surface area contributed by atoms with Crippen molar-refractivity contribution in [3.05, 3.63) is 29.8 Å². The van der Waals surface area contributed by atoms with Crippen LogP contribution in [0, 0.1) is 0 Å². The Morgan fingerprint density at radius 3 is 2.50 bits per heavy atom. The smallest absolute Gasteiger partial charge is 0.323 e. The van der Waals surface area contributed by atoms with Gasteiger partial charge in [0.25, 0.3) is 5.91 Å². The fourth-order valence-electron chi connectivity index (χ4n) is 1.85. The number of thioether (sulfide) groups is 1. The highest BCUT2D eigenvalue weighted by Crippen LogP contribution is 2.27. The van der Waals surface area contributed by atoms with Crippen molar-refractivity contribution in [2.75, 3.05) is 13.1 Å². The summed E-state index contributed by atoms with van der Waals surface area (Å²) in [4.78, 5) is 36.6. The number of carbonyl (C=O) groups excluding carboxylic acids is 2. The Kier molecular flexibility index (Phi) is 6.91. The maximum atomic E-state index is 12.6. The molecule has 0 radical (unpaired) electrons. The van der Waals surface area contributed by atoms with Crippen LogP contribution in [-0.2, 0) is 9.59 Å². The Balaban J connectivity index is 3.05. The second kappa shape index (κ2) is 8.43. The minimum absolute atomic E-state index is 0.350. The van der Waals surface area contributed by atoms with Crippen LogP contribution in [0.2, 0.25) is 0 Å². The highest BCUT2D eigenvalue weighted by Gasteiger charge is 2.22. The Morgan fingerprint density at radius 2 is 1.95 bits per heavy atom. The van der Waals surface area contributed by atoms with Crippen molar-refractivity contribution in [2.45, 2.75) is 30.4 Å². The van der Waals surface area contributed by atoms with E-state index in [1.54, 1.807) is 31.2 Å². The zero-order chi connectivity index (χ0) is 16.7. The lowest BCUT2D eigenvalue weighted by molar-refractivity contribution is -0.137. The SMILES string of the molecule is CCCN(CC(=O)O)C(=O)c1ccccc1SC(C)C(N)=O. The van der Waals surface area contributed by atoms with E-state index in [1.807, 2.05) is 6.92 Å². The number of hydrogen-bond donors (Lipinski definition) is 2. The monoisotopic (exact) mass is 324 g/mol. The van der Waals surface area contributed by atoms with Crippen LogP contribution in [-0.4, -0.2) is 46.1 Å². The highest BCUT2D eigenvalue weighted by molar-refractivity contribution is 8.00. The van der Waals surface area contributed by atoms with Gasteiger partial charge in [0, 0.05) is 11.4 Å². The van der Waals surface area contributed by atoms with Crippen molar-refractivity contribution in [1.29, 1.82) is 0 Å². The molecule has 0 aliphatic heterocycles. The first-order valence-corrected chi connectivity index (χ1v) is 7.80. The number of hydrogen-bond acceptors (Lipinski definition) is 4. The van der Waals surface area contributed by atoms with E-state index >= 15 is 0 Å². The molecule has 7 heteroatoms. The molecule has 6 nitrogen and oxygen atoms in total. The molecule has 2 amide bonds. The number of carboxylic acid groups (broad SMARTS) is 1. The van der Waals surface area contributed by atoms with Crippen LogP contribution in [0.15, 0.2) is 29.2 Å². The van der Waals surface area contributed by atoms with E-state index in [-0.39, 0.29) is 12.5 Å². The molecular formula is C15H20N2O4S. The van der Waals surface area contributed by atoms with Gasteiger partial charge < -0.3 is 15.7 Å². The molecule has 120 valence electrons. The summed E-state index contributed by atoms with van der Waals surface area (Å²) in [5, 5.41) is 8.45. The summed E-state index contributed by atoms with van der Waals surface area (Å²) in [7, 11) is 0. The maximum absolute atomic E-state index is 12.6. The van der Waals surface area contributed by atoms with Crippen molar-refractivity contribution < 1.29 is 19.5 Å². The second-order valence-corrected chi connectivity index (χ2v) is 6.16. The molecule has 22 heavy (non-hydrogen) atoms. The molecule has 0 heterocycles. The first-order valence-electron chi connectivity index (χ1n) is 6.92. The van der Waals surface area contributed by atoms with Crippen LogP contribution < -0.4 is 5.73 Å². The van der Waals surface area contributed by atoms with Crippen LogP contribution in [0.5, 0.6) is 0 Å². The first-order chi connectivity index (χ1) is 10.4. The van der Waals surface area contributed by atoms with Gasteiger partial charge >= 0.3 is 5.97 Å². The van der Waals surface area contributed by atoms with Crippen LogP contribution in [0.3, 0.4) is 0 Å². The van der Waals surface area contributed by atoms with Gasteiger partial charge in [-0.25, -0.2) is 0 Å². The summed E-state index contributed by atoms with van der Waals surface area (Å²) >= 11 is 1.19. The molecule has 0 spiro atoms. The van der Waals surface area contributed by atoms with Gasteiger partial charge in [-0.2, -0.15) is 0 Å². The zero-order valence-corrected chi connectivity index (χ0v) is 13.4. The minimum Gasteiger partial charge on any atom is -0.480 e. The Hall–Kier alpha value is -2.02. The lowest BCUT2D eigenvalue weighted by Crippen LogP contribution is -2.36. The van der Waals surface area contributed by atoms with Crippen molar-refractivity contribution in [3.63, 3.8) is 0 Å². The van der Waals surface area contributed by atoms with Crippen LogP contribution in [0.1, 0.15) is 30.6 Å². The predicted molar refractivity (Wildman–Crippen MR) is 84.8 cm³/mol. The topological polar surface area (TPSA) is 101 Å². The first kappa shape index (κ1) is 18.0. The standard InChI is InChI=1S/C15H20N2O4S/c1-3-8-17(9-13(18)19)15(21)11-6-4-5-7-12(11)22-10(2)14(16)20/h4-7,10H,3,8-9H2,1-2H3,(H2,16,20)(H,18,19). The number of aliphatic carboxylic acids is 1. The number of nitrogens with zero attached hydrogens (tertiary/aromatic N) is 1. The maximum Gasteiger partial charge on any atom is 0.323 e. The van der Waals surface area contributed by atoms with E-state index < -0.39 is 17.1 Å². The molecule has 1 aromatic rings. The molecule has 0 bridgehead atoms. The number of primary amides is 1. The molecule has 0 aliphatic rings. The highest BCUT2D eigenvalue weighted by atomic mass is 32.2. The Bertz CT molecular complexity index is 562. The molecule has 0 fully saturated rings. The Morgan fingerprint density at radius 1 is 1.32 bits per heavy atom. The van der Waals surface area contributed by atoms with Gasteiger partial charge in [0.2, 0.25) is 5.91 Å². The van der Waals surface area contributed by atoms with E-state index in [0.717, 1.165) is 0 Å². The van der Waals surface area contributed by atoms with E-state index in [2.05, 4.69) is 0 Å². The Labute approximate surface area is 133 Å². The number of rotatable bonds is 8. The molecule has 0 saturated carbocycles. The molecule has 1 atom stereocenters. The fourth-order valence-corrected chi connectivity index (χ4v) is 2.79. The third-order valence-corrected chi connectivity index (χ3v) is 4.12. The van der Waals surface area contributed by atoms with Crippen molar-refractivity contribution >= 4 is 29.5 Å². The average molecular weight is 324 g/mol. The molecular weight excluding hydrogens is 304 g/mol. The molecule has 0 aliphatic carbocycles. The van der Waals surface area contributed by atoms with Crippen molar-refractivity contribution in [2.24, 2.45) is 5.73 Å². The number of benzene rings is 1. The third-order valence-electron chi connectivity index (χ3n) is 2.93. The van der Waals surface area contributed by atoms with Crippen LogP contribution >= 0.6 is 11.8 Å². The van der Waals surface area contributed by atoms with Gasteiger partial charge in [0.15, 0.2) is 0 Å². The summed E-state index contributed by atoms with van der Waals surface area (Å²) in [5.74, 6) is -1.88. The van der Waals surface area contributed by atoms with Gasteiger partial charge in [-0.05, 0) is 25.5 Å². The fraction of sp³-hybridized carbons (Fsp3) is 0.400. The van der Waals surface area contributed by atoms with Gasteiger partial charge in [-0.15, -0.1) is 11.8 Å². The number of nitrogens with two attached hydrogens (primary N) is 1. The molecule has 0 saturated heterocycles. The molecule has 1 unspecified atom stereocenters. The second-order valence-electron chi connectivity index (χ2n) is 4.78. The summed E-state index contributed by atoms with van der Waals surface area (Å²) in [6, 6.07) is 6.82. The summed E-state index contributed by atoms with van der Waals surface area (Å²) in [6.45, 7) is 3.54. The summed E-state index contributed by atoms with van der Waals surface area (Å²) in [6.07, 6.45) is 0.659. The van der Waals surface area contributed by atoms with Crippen LogP contribution in [0.4, 0.5) is 0 Å².